The van der Waals surface area contributed by atoms with E-state index >= 15 is 0 Å². The fourth-order valence-corrected chi connectivity index (χ4v) is 5.37. The number of para-hydroxylation sites is 1. The molecule has 0 bridgehead atoms. The Morgan fingerprint density at radius 3 is 2.03 bits per heavy atom. The molecule has 5 nitrogen and oxygen atoms in total. The van der Waals surface area contributed by atoms with E-state index in [9.17, 15) is 8.78 Å². The van der Waals surface area contributed by atoms with Crippen LogP contribution in [-0.4, -0.2) is 16.7 Å². The molecule has 6 rings (SSSR count). The lowest BCUT2D eigenvalue weighted by molar-refractivity contribution is 0.595. The van der Waals surface area contributed by atoms with Crippen molar-refractivity contribution in [1.82, 2.24) is 4.98 Å². The van der Waals surface area contributed by atoms with Gasteiger partial charge in [-0.3, -0.25) is 0 Å². The summed E-state index contributed by atoms with van der Waals surface area (Å²) in [6.45, 7) is 0. The van der Waals surface area contributed by atoms with Crippen molar-refractivity contribution in [2.45, 2.75) is 6.04 Å². The summed E-state index contributed by atoms with van der Waals surface area (Å²) >= 11 is 4.31. The van der Waals surface area contributed by atoms with Gasteiger partial charge in [-0.15, -0.1) is 0 Å². The molecule has 0 saturated carbocycles. The van der Waals surface area contributed by atoms with E-state index in [4.69, 9.17) is 22.2 Å². The lowest BCUT2D eigenvalue weighted by Gasteiger charge is -2.27. The number of nitrogens with zero attached hydrogens (tertiary/aromatic N) is 2. The molecule has 0 amide bonds. The number of nitrogen functional groups attached to an aromatic ring is 2. The second-order valence-electron chi connectivity index (χ2n) is 9.33. The molecule has 1 heterocycles. The maximum Gasteiger partial charge on any atom is 0.156 e. The third-order valence-electron chi connectivity index (χ3n) is 7.03. The Morgan fingerprint density at radius 1 is 0.744 bits per heavy atom. The molecular formula is C31H23F2N5S. The maximum atomic E-state index is 14.8. The van der Waals surface area contributed by atoms with Crippen molar-refractivity contribution in [3.63, 3.8) is 0 Å². The van der Waals surface area contributed by atoms with Crippen molar-refractivity contribution in [3.8, 4) is 22.4 Å². The van der Waals surface area contributed by atoms with Crippen molar-refractivity contribution in [2.75, 3.05) is 11.5 Å². The molecule has 8 heteroatoms. The number of aromatic nitrogens is 1. The van der Waals surface area contributed by atoms with Gasteiger partial charge in [0, 0.05) is 22.1 Å². The number of benzene rings is 4. The molecule has 5 aromatic rings. The number of nitrogens with two attached hydrogens (primary N) is 3. The Balaban J connectivity index is 1.56. The average Bonchev–Trinajstić information content (AvgIpc) is 2.96. The first-order valence-corrected chi connectivity index (χ1v) is 12.6. The third-order valence-corrected chi connectivity index (χ3v) is 7.25. The predicted octanol–water partition coefficient (Wildman–Crippen LogP) is 6.53. The van der Waals surface area contributed by atoms with Crippen molar-refractivity contribution < 1.29 is 8.78 Å². The highest BCUT2D eigenvalue weighted by Gasteiger charge is 2.30. The van der Waals surface area contributed by atoms with E-state index in [0.717, 1.165) is 50.5 Å². The number of thiol groups is 1. The average molecular weight is 536 g/mol. The van der Waals surface area contributed by atoms with E-state index in [-0.39, 0.29) is 16.9 Å². The molecule has 4 aromatic carbocycles. The molecule has 6 N–H and O–H groups in total. The van der Waals surface area contributed by atoms with Gasteiger partial charge in [0.2, 0.25) is 0 Å². The van der Waals surface area contributed by atoms with Gasteiger partial charge in [0.05, 0.1) is 39.9 Å². The minimum Gasteiger partial charge on any atom is -0.396 e. The number of hydrogen-bond donors (Lipinski definition) is 4. The lowest BCUT2D eigenvalue weighted by Crippen LogP contribution is -2.35. The van der Waals surface area contributed by atoms with Gasteiger partial charge in [-0.2, -0.15) is 0 Å². The second kappa shape index (κ2) is 9.65. The highest BCUT2D eigenvalue weighted by atomic mass is 32.1. The van der Waals surface area contributed by atoms with E-state index in [1.807, 2.05) is 60.7 Å². The first kappa shape index (κ1) is 24.8. The number of hydrogen-bond acceptors (Lipinski definition) is 6. The van der Waals surface area contributed by atoms with Gasteiger partial charge in [0.1, 0.15) is 0 Å². The number of anilines is 2. The van der Waals surface area contributed by atoms with Gasteiger partial charge < -0.3 is 17.2 Å². The van der Waals surface area contributed by atoms with Crippen LogP contribution in [0.5, 0.6) is 0 Å². The second-order valence-corrected chi connectivity index (χ2v) is 9.53. The Morgan fingerprint density at radius 2 is 1.36 bits per heavy atom. The van der Waals surface area contributed by atoms with E-state index in [0.29, 0.717) is 11.3 Å². The monoisotopic (exact) mass is 535 g/mol. The normalized spacial score (nSPS) is 15.8. The summed E-state index contributed by atoms with van der Waals surface area (Å²) in [6.07, 6.45) is 2.01. The highest BCUT2D eigenvalue weighted by Crippen LogP contribution is 2.40. The van der Waals surface area contributed by atoms with Crippen LogP contribution in [0.25, 0.3) is 44.9 Å². The summed E-state index contributed by atoms with van der Waals surface area (Å²) < 4.78 is 33.8. The lowest BCUT2D eigenvalue weighted by atomic mass is 9.80. The minimum absolute atomic E-state index is 0.218. The molecule has 1 atom stereocenters. The number of rotatable bonds is 3. The quantitative estimate of drug-likeness (QED) is 0.156. The number of halogens is 2. The zero-order chi connectivity index (χ0) is 27.3. The van der Waals surface area contributed by atoms with Gasteiger partial charge in [0.25, 0.3) is 0 Å². The van der Waals surface area contributed by atoms with E-state index < -0.39 is 17.7 Å². The molecule has 192 valence electrons. The third kappa shape index (κ3) is 4.05. The Labute approximate surface area is 229 Å². The van der Waals surface area contributed by atoms with Crippen LogP contribution in [0.1, 0.15) is 16.7 Å². The molecule has 0 spiro atoms. The zero-order valence-electron chi connectivity index (χ0n) is 20.6. The Bertz CT molecular complexity index is 1790. The topological polar surface area (TPSA) is 103 Å². The standard InChI is InChI=1S/C31H23F2N5S/c32-27-22(34)15-23(35)28(33)25(27)17-12-10-16(11-13-17)20-14-21-26(31(38-39)29(20)36)19-8-4-5-9-24(19)37-30(21)18-6-2-1-3-7-18/h1-15,29,39H,34-36H2/b38-31-. The number of pyridine rings is 1. The van der Waals surface area contributed by atoms with Crippen molar-refractivity contribution in [2.24, 2.45) is 10.1 Å². The van der Waals surface area contributed by atoms with Crippen LogP contribution in [0.4, 0.5) is 20.2 Å². The molecular weight excluding hydrogens is 512 g/mol. The molecule has 39 heavy (non-hydrogen) atoms. The van der Waals surface area contributed by atoms with Crippen LogP contribution in [0.2, 0.25) is 0 Å². The number of fused-ring (bicyclic) bond motifs is 3. The summed E-state index contributed by atoms with van der Waals surface area (Å²) in [5, 5.41) is 0.922. The SMILES string of the molecule is Nc1cc(N)c(F)c(-c2ccc(C3=Cc4c(-c5ccccc5)nc5ccccc5c4/C(=N/S)C3N)cc2)c1F. The van der Waals surface area contributed by atoms with E-state index in [1.54, 1.807) is 24.3 Å². The van der Waals surface area contributed by atoms with Crippen LogP contribution in [0.15, 0.2) is 89.3 Å². The van der Waals surface area contributed by atoms with Crippen LogP contribution < -0.4 is 17.2 Å². The van der Waals surface area contributed by atoms with Crippen molar-refractivity contribution in [1.29, 1.82) is 0 Å². The van der Waals surface area contributed by atoms with Crippen LogP contribution in [-0.2, 0) is 0 Å². The van der Waals surface area contributed by atoms with Gasteiger partial charge in [0.15, 0.2) is 11.6 Å². The predicted molar refractivity (Wildman–Crippen MR) is 159 cm³/mol. The zero-order valence-corrected chi connectivity index (χ0v) is 21.5. The summed E-state index contributed by atoms with van der Waals surface area (Å²) in [5.74, 6) is -1.71. The van der Waals surface area contributed by atoms with Gasteiger partial charge in [-0.1, -0.05) is 72.8 Å². The van der Waals surface area contributed by atoms with Crippen molar-refractivity contribution in [3.05, 3.63) is 113 Å². The van der Waals surface area contributed by atoms with Gasteiger partial charge >= 0.3 is 0 Å². The first-order chi connectivity index (χ1) is 18.9. The molecule has 1 aliphatic rings. The smallest absolute Gasteiger partial charge is 0.156 e. The molecule has 0 fully saturated rings. The highest BCUT2D eigenvalue weighted by molar-refractivity contribution is 7.79. The summed E-state index contributed by atoms with van der Waals surface area (Å²) in [6, 6.07) is 25.0. The Kier molecular flexibility index (Phi) is 6.13. The van der Waals surface area contributed by atoms with Gasteiger partial charge in [-0.05, 0) is 47.7 Å². The summed E-state index contributed by atoms with van der Waals surface area (Å²) in [5.41, 5.74) is 24.2. The largest absolute Gasteiger partial charge is 0.396 e. The van der Waals surface area contributed by atoms with E-state index in [2.05, 4.69) is 17.2 Å². The molecule has 1 unspecified atom stereocenters. The fourth-order valence-electron chi connectivity index (χ4n) is 5.14. The molecule has 1 aliphatic carbocycles. The van der Waals surface area contributed by atoms with Crippen LogP contribution in [0.3, 0.4) is 0 Å². The fraction of sp³-hybridized carbons (Fsp3) is 0.0323. The van der Waals surface area contributed by atoms with Gasteiger partial charge in [-0.25, -0.2) is 18.2 Å². The van der Waals surface area contributed by atoms with E-state index in [1.165, 1.54) is 0 Å². The summed E-state index contributed by atoms with van der Waals surface area (Å²) in [4.78, 5) is 5.00. The molecule has 0 saturated heterocycles. The molecule has 1 aromatic heterocycles. The van der Waals surface area contributed by atoms with Crippen LogP contribution in [0, 0.1) is 11.6 Å². The van der Waals surface area contributed by atoms with Crippen molar-refractivity contribution >= 4 is 52.5 Å². The Hall–Kier alpha value is -4.53. The molecule has 0 aliphatic heterocycles. The molecule has 0 radical (unpaired) electrons. The first-order valence-electron chi connectivity index (χ1n) is 12.2. The minimum atomic E-state index is -0.855. The summed E-state index contributed by atoms with van der Waals surface area (Å²) in [7, 11) is 0. The van der Waals surface area contributed by atoms with Crippen LogP contribution >= 0.6 is 12.8 Å². The maximum absolute atomic E-state index is 14.8.